The molecule has 21 heavy (non-hydrogen) atoms. The molecule has 2 aromatic rings. The van der Waals surface area contributed by atoms with Crippen molar-refractivity contribution in [1.29, 1.82) is 5.26 Å². The van der Waals surface area contributed by atoms with Crippen molar-refractivity contribution in [1.82, 2.24) is 0 Å². The molecular formula is C16H10ClF2NO. The van der Waals surface area contributed by atoms with Gasteiger partial charge in [-0.25, -0.2) is 8.78 Å². The van der Waals surface area contributed by atoms with Gasteiger partial charge >= 0.3 is 0 Å². The maximum atomic E-state index is 13.9. The van der Waals surface area contributed by atoms with Gasteiger partial charge in [0.05, 0.1) is 11.6 Å². The Morgan fingerprint density at radius 3 is 2.52 bits per heavy atom. The Bertz CT molecular complexity index is 752. The minimum atomic E-state index is -1.28. The van der Waals surface area contributed by atoms with Crippen molar-refractivity contribution in [2.75, 3.05) is 0 Å². The molecule has 2 rings (SSSR count). The predicted octanol–water partition coefficient (Wildman–Crippen LogP) is 4.42. The van der Waals surface area contributed by atoms with Crippen LogP contribution in [-0.4, -0.2) is 5.78 Å². The Hall–Kier alpha value is -2.25. The van der Waals surface area contributed by atoms with Gasteiger partial charge in [0, 0.05) is 5.02 Å². The fraction of sp³-hybridized carbons (Fsp3) is 0.125. The minimum absolute atomic E-state index is 0.0394. The number of rotatable bonds is 3. The van der Waals surface area contributed by atoms with Crippen LogP contribution in [-0.2, 0) is 0 Å². The van der Waals surface area contributed by atoms with Gasteiger partial charge in [0.25, 0.3) is 0 Å². The molecule has 0 amide bonds. The molecule has 2 nitrogen and oxygen atoms in total. The molecule has 2 aromatic carbocycles. The Labute approximate surface area is 125 Å². The van der Waals surface area contributed by atoms with E-state index in [0.29, 0.717) is 5.56 Å². The van der Waals surface area contributed by atoms with Crippen molar-refractivity contribution >= 4 is 17.4 Å². The second-order valence-electron chi connectivity index (χ2n) is 4.58. The quantitative estimate of drug-likeness (QED) is 0.788. The van der Waals surface area contributed by atoms with E-state index in [1.165, 1.54) is 18.2 Å². The molecule has 0 spiro atoms. The normalized spacial score (nSPS) is 11.8. The number of hydrogen-bond donors (Lipinski definition) is 0. The average molecular weight is 306 g/mol. The van der Waals surface area contributed by atoms with E-state index in [9.17, 15) is 18.8 Å². The molecule has 0 N–H and O–H groups in total. The van der Waals surface area contributed by atoms with Crippen LogP contribution in [0.4, 0.5) is 8.78 Å². The molecule has 0 radical (unpaired) electrons. The lowest BCUT2D eigenvalue weighted by molar-refractivity contribution is 0.0975. The van der Waals surface area contributed by atoms with Crippen LogP contribution in [0.1, 0.15) is 27.4 Å². The molecule has 0 heterocycles. The summed E-state index contributed by atoms with van der Waals surface area (Å²) in [6, 6.07) is 9.30. The average Bonchev–Trinajstić information content (AvgIpc) is 2.41. The lowest BCUT2D eigenvalue weighted by atomic mass is 9.91. The van der Waals surface area contributed by atoms with Gasteiger partial charge in [-0.3, -0.25) is 4.79 Å². The summed E-state index contributed by atoms with van der Waals surface area (Å²) >= 11 is 5.86. The monoisotopic (exact) mass is 305 g/mol. The van der Waals surface area contributed by atoms with Gasteiger partial charge in [-0.15, -0.1) is 0 Å². The maximum Gasteiger partial charge on any atom is 0.187 e. The number of carbonyl (C=O) groups excluding carboxylic acids is 1. The topological polar surface area (TPSA) is 40.9 Å². The van der Waals surface area contributed by atoms with Gasteiger partial charge in [-0.2, -0.15) is 5.26 Å². The van der Waals surface area contributed by atoms with E-state index in [0.717, 1.165) is 12.1 Å². The zero-order chi connectivity index (χ0) is 15.6. The molecule has 0 saturated carbocycles. The van der Waals surface area contributed by atoms with Crippen LogP contribution < -0.4 is 0 Å². The molecule has 106 valence electrons. The maximum absolute atomic E-state index is 13.9. The molecule has 0 aliphatic rings. The summed E-state index contributed by atoms with van der Waals surface area (Å²) in [6.07, 6.45) is 0. The van der Waals surface area contributed by atoms with Crippen molar-refractivity contribution in [3.63, 3.8) is 0 Å². The zero-order valence-electron chi connectivity index (χ0n) is 11.0. The second kappa shape index (κ2) is 6.02. The molecule has 1 unspecified atom stereocenters. The van der Waals surface area contributed by atoms with Crippen molar-refractivity contribution in [2.45, 2.75) is 12.8 Å². The van der Waals surface area contributed by atoms with E-state index >= 15 is 0 Å². The second-order valence-corrected chi connectivity index (χ2v) is 4.98. The third-order valence-electron chi connectivity index (χ3n) is 3.05. The highest BCUT2D eigenvalue weighted by molar-refractivity contribution is 6.31. The van der Waals surface area contributed by atoms with Crippen LogP contribution in [0.5, 0.6) is 0 Å². The van der Waals surface area contributed by atoms with Crippen LogP contribution in [0, 0.1) is 29.9 Å². The number of nitriles is 1. The van der Waals surface area contributed by atoms with Crippen molar-refractivity contribution in [3.05, 3.63) is 69.7 Å². The summed E-state index contributed by atoms with van der Waals surface area (Å²) in [5.41, 5.74) is 0.635. The zero-order valence-corrected chi connectivity index (χ0v) is 11.8. The Kier molecular flexibility index (Phi) is 4.35. The lowest BCUT2D eigenvalue weighted by Gasteiger charge is -2.11. The van der Waals surface area contributed by atoms with Crippen LogP contribution in [0.2, 0.25) is 5.02 Å². The van der Waals surface area contributed by atoms with E-state index in [-0.39, 0.29) is 16.1 Å². The molecule has 1 atom stereocenters. The van der Waals surface area contributed by atoms with E-state index in [2.05, 4.69) is 0 Å². The van der Waals surface area contributed by atoms with Crippen LogP contribution in [0.15, 0.2) is 36.4 Å². The Balaban J connectivity index is 2.46. The summed E-state index contributed by atoms with van der Waals surface area (Å²) in [5.74, 6) is -3.26. The van der Waals surface area contributed by atoms with E-state index < -0.39 is 23.3 Å². The smallest absolute Gasteiger partial charge is 0.187 e. The molecule has 0 bridgehead atoms. The summed E-state index contributed by atoms with van der Waals surface area (Å²) in [7, 11) is 0. The van der Waals surface area contributed by atoms with Gasteiger partial charge < -0.3 is 0 Å². The molecular weight excluding hydrogens is 296 g/mol. The van der Waals surface area contributed by atoms with E-state index in [1.807, 2.05) is 0 Å². The number of carbonyl (C=O) groups is 1. The summed E-state index contributed by atoms with van der Waals surface area (Å²) in [6.45, 7) is 1.69. The standard InChI is InChI=1S/C16H10ClF2NO/c1-9-2-4-12(15(19)6-9)16(21)13(8-20)11-5-3-10(18)7-14(11)17/h2-7,13H,1H3. The summed E-state index contributed by atoms with van der Waals surface area (Å²) in [4.78, 5) is 12.3. The predicted molar refractivity (Wildman–Crippen MR) is 75.2 cm³/mol. The van der Waals surface area contributed by atoms with Gasteiger partial charge in [-0.05, 0) is 42.3 Å². The number of halogens is 3. The van der Waals surface area contributed by atoms with Gasteiger partial charge in [0.15, 0.2) is 5.78 Å². The van der Waals surface area contributed by atoms with Crippen molar-refractivity contribution in [2.24, 2.45) is 0 Å². The van der Waals surface area contributed by atoms with Crippen LogP contribution in [0.25, 0.3) is 0 Å². The molecule has 0 aromatic heterocycles. The summed E-state index contributed by atoms with van der Waals surface area (Å²) < 4.78 is 26.9. The lowest BCUT2D eigenvalue weighted by Crippen LogP contribution is -2.13. The first-order valence-electron chi connectivity index (χ1n) is 6.09. The molecule has 0 aliphatic heterocycles. The van der Waals surface area contributed by atoms with Gasteiger partial charge in [0.1, 0.15) is 17.6 Å². The fourth-order valence-corrected chi connectivity index (χ4v) is 2.26. The largest absolute Gasteiger partial charge is 0.292 e. The van der Waals surface area contributed by atoms with Gasteiger partial charge in [-0.1, -0.05) is 23.7 Å². The highest BCUT2D eigenvalue weighted by Crippen LogP contribution is 2.28. The highest BCUT2D eigenvalue weighted by Gasteiger charge is 2.26. The molecule has 5 heteroatoms. The van der Waals surface area contributed by atoms with E-state index in [4.69, 9.17) is 11.6 Å². The number of ketones is 1. The number of hydrogen-bond acceptors (Lipinski definition) is 2. The molecule has 0 saturated heterocycles. The van der Waals surface area contributed by atoms with Gasteiger partial charge in [0.2, 0.25) is 0 Å². The number of benzene rings is 2. The Morgan fingerprint density at radius 1 is 1.24 bits per heavy atom. The Morgan fingerprint density at radius 2 is 1.95 bits per heavy atom. The van der Waals surface area contributed by atoms with Crippen molar-refractivity contribution < 1.29 is 13.6 Å². The summed E-state index contributed by atoms with van der Waals surface area (Å²) in [5, 5.41) is 9.17. The first-order valence-corrected chi connectivity index (χ1v) is 6.46. The number of nitrogens with zero attached hydrogens (tertiary/aromatic N) is 1. The number of Topliss-reactive ketones (excluding diaryl/α,β-unsaturated/α-hetero) is 1. The first-order chi connectivity index (χ1) is 9.93. The minimum Gasteiger partial charge on any atom is -0.292 e. The van der Waals surface area contributed by atoms with Crippen LogP contribution in [0.3, 0.4) is 0 Å². The third-order valence-corrected chi connectivity index (χ3v) is 3.38. The third kappa shape index (κ3) is 3.09. The van der Waals surface area contributed by atoms with Crippen LogP contribution >= 0.6 is 11.6 Å². The SMILES string of the molecule is Cc1ccc(C(=O)C(C#N)c2ccc(F)cc2Cl)c(F)c1. The van der Waals surface area contributed by atoms with E-state index in [1.54, 1.807) is 19.1 Å². The first kappa shape index (κ1) is 15.1. The van der Waals surface area contributed by atoms with Crippen molar-refractivity contribution in [3.8, 4) is 6.07 Å². The molecule has 0 fully saturated rings. The number of aryl methyl sites for hydroxylation is 1. The highest BCUT2D eigenvalue weighted by atomic mass is 35.5. The fourth-order valence-electron chi connectivity index (χ4n) is 1.98. The molecule has 0 aliphatic carbocycles.